The highest BCUT2D eigenvalue weighted by Crippen LogP contribution is 2.42. The van der Waals surface area contributed by atoms with E-state index in [0.717, 1.165) is 0 Å². The van der Waals surface area contributed by atoms with Crippen molar-refractivity contribution < 1.29 is 0 Å². The minimum atomic E-state index is 1.25. The molecule has 0 aliphatic carbocycles. The quantitative estimate of drug-likeness (QED) is 0.209. The fourth-order valence-corrected chi connectivity index (χ4v) is 7.19. The molecule has 8 aromatic rings. The molecule has 0 radical (unpaired) electrons. The molecule has 0 atom stereocenters. The van der Waals surface area contributed by atoms with Gasteiger partial charge >= 0.3 is 0 Å². The third-order valence-electron chi connectivity index (χ3n) is 8.15. The molecule has 41 heavy (non-hydrogen) atoms. The van der Waals surface area contributed by atoms with Crippen LogP contribution in [0.15, 0.2) is 158 Å². The zero-order valence-corrected chi connectivity index (χ0v) is 23.2. The lowest BCUT2D eigenvalue weighted by atomic mass is 9.92. The molecule has 1 heterocycles. The van der Waals surface area contributed by atoms with E-state index >= 15 is 0 Å². The van der Waals surface area contributed by atoms with Gasteiger partial charge < -0.3 is 0 Å². The molecule has 0 bridgehead atoms. The maximum atomic E-state index is 2.30. The van der Waals surface area contributed by atoms with Crippen molar-refractivity contribution in [3.8, 4) is 43.1 Å². The molecular weight excluding hydrogens is 513 g/mol. The van der Waals surface area contributed by atoms with Crippen LogP contribution in [0.25, 0.3) is 75.5 Å². The van der Waals surface area contributed by atoms with Crippen molar-refractivity contribution in [2.45, 2.75) is 0 Å². The molecule has 0 N–H and O–H groups in total. The van der Waals surface area contributed by atoms with Gasteiger partial charge in [-0.15, -0.1) is 11.3 Å². The van der Waals surface area contributed by atoms with Gasteiger partial charge in [0.25, 0.3) is 0 Å². The highest BCUT2D eigenvalue weighted by Gasteiger charge is 2.13. The van der Waals surface area contributed by atoms with Crippen LogP contribution in [0.2, 0.25) is 0 Å². The van der Waals surface area contributed by atoms with Crippen LogP contribution >= 0.6 is 11.3 Å². The van der Waals surface area contributed by atoms with Gasteiger partial charge in [-0.3, -0.25) is 0 Å². The van der Waals surface area contributed by atoms with Gasteiger partial charge in [0.05, 0.1) is 0 Å². The van der Waals surface area contributed by atoms with Gasteiger partial charge in [0.1, 0.15) is 0 Å². The second kappa shape index (κ2) is 9.89. The van der Waals surface area contributed by atoms with Gasteiger partial charge in [0, 0.05) is 9.75 Å². The predicted octanol–water partition coefficient (Wildman–Crippen LogP) is 11.9. The molecule has 0 unspecified atom stereocenters. The van der Waals surface area contributed by atoms with Crippen LogP contribution in [0, 0.1) is 0 Å². The number of rotatable bonds is 4. The van der Waals surface area contributed by atoms with E-state index in [4.69, 9.17) is 0 Å². The maximum absolute atomic E-state index is 2.30. The average molecular weight is 539 g/mol. The molecule has 0 amide bonds. The first-order chi connectivity index (χ1) is 20.3. The summed E-state index contributed by atoms with van der Waals surface area (Å²) in [4.78, 5) is 2.57. The van der Waals surface area contributed by atoms with Crippen LogP contribution in [0.4, 0.5) is 0 Å². The normalized spacial score (nSPS) is 11.4. The Morgan fingerprint density at radius 3 is 1.44 bits per heavy atom. The summed E-state index contributed by atoms with van der Waals surface area (Å²) < 4.78 is 0. The van der Waals surface area contributed by atoms with Crippen LogP contribution in [0.5, 0.6) is 0 Å². The lowest BCUT2D eigenvalue weighted by Crippen LogP contribution is -1.86. The van der Waals surface area contributed by atoms with E-state index in [1.54, 1.807) is 0 Å². The first kappa shape index (κ1) is 23.9. The summed E-state index contributed by atoms with van der Waals surface area (Å²) in [5.74, 6) is 0. The molecule has 1 aromatic heterocycles. The molecular formula is C40H26S. The van der Waals surface area contributed by atoms with Crippen molar-refractivity contribution in [1.82, 2.24) is 0 Å². The lowest BCUT2D eigenvalue weighted by Gasteiger charge is -2.13. The van der Waals surface area contributed by atoms with E-state index in [2.05, 4.69) is 158 Å². The molecule has 192 valence electrons. The molecule has 8 rings (SSSR count). The minimum Gasteiger partial charge on any atom is -0.135 e. The number of hydrogen-bond acceptors (Lipinski definition) is 1. The standard InChI is InChI=1S/C40H26S/c1-3-13-31-27(9-1)11-7-17-32(31)29-19-21-30(22-20-29)39-25-26-40(41-39)38-24-23-37(35-15-5-6-16-36(35)38)34-18-8-12-28-10-2-4-14-33(28)34/h1-26H. The van der Waals surface area contributed by atoms with Crippen molar-refractivity contribution in [2.75, 3.05) is 0 Å². The Labute approximate surface area is 243 Å². The molecule has 0 nitrogen and oxygen atoms in total. The van der Waals surface area contributed by atoms with Crippen LogP contribution in [-0.4, -0.2) is 0 Å². The molecule has 0 saturated heterocycles. The van der Waals surface area contributed by atoms with Gasteiger partial charge in [-0.1, -0.05) is 146 Å². The van der Waals surface area contributed by atoms with Gasteiger partial charge in [0.15, 0.2) is 0 Å². The third kappa shape index (κ3) is 4.14. The van der Waals surface area contributed by atoms with Crippen molar-refractivity contribution in [3.63, 3.8) is 0 Å². The van der Waals surface area contributed by atoms with Gasteiger partial charge in [-0.2, -0.15) is 0 Å². The van der Waals surface area contributed by atoms with Crippen LogP contribution in [0.1, 0.15) is 0 Å². The van der Waals surface area contributed by atoms with Gasteiger partial charge in [-0.25, -0.2) is 0 Å². The number of hydrogen-bond donors (Lipinski definition) is 0. The van der Waals surface area contributed by atoms with Crippen molar-refractivity contribution >= 4 is 43.7 Å². The van der Waals surface area contributed by atoms with Crippen LogP contribution in [-0.2, 0) is 0 Å². The predicted molar refractivity (Wildman–Crippen MR) is 179 cm³/mol. The fourth-order valence-electron chi connectivity index (χ4n) is 6.14. The largest absolute Gasteiger partial charge is 0.135 e. The Morgan fingerprint density at radius 2 is 0.732 bits per heavy atom. The number of benzene rings is 7. The van der Waals surface area contributed by atoms with E-state index < -0.39 is 0 Å². The third-order valence-corrected chi connectivity index (χ3v) is 9.31. The average Bonchev–Trinajstić information content (AvgIpc) is 3.54. The molecule has 7 aromatic carbocycles. The Balaban J connectivity index is 1.17. The zero-order chi connectivity index (χ0) is 27.2. The van der Waals surface area contributed by atoms with Crippen LogP contribution in [0.3, 0.4) is 0 Å². The highest BCUT2D eigenvalue weighted by molar-refractivity contribution is 7.18. The maximum Gasteiger partial charge on any atom is 0.0355 e. The topological polar surface area (TPSA) is 0 Å². The molecule has 0 aliphatic heterocycles. The summed E-state index contributed by atoms with van der Waals surface area (Å²) >= 11 is 1.86. The first-order valence-corrected chi connectivity index (χ1v) is 14.8. The molecule has 1 heteroatoms. The SMILES string of the molecule is c1ccc2c(-c3ccc(-c4ccc(-c5ccc(-c6cccc7ccccc67)c6ccccc56)s4)cc3)cccc2c1. The highest BCUT2D eigenvalue weighted by atomic mass is 32.1. The summed E-state index contributed by atoms with van der Waals surface area (Å²) in [6.07, 6.45) is 0. The van der Waals surface area contributed by atoms with E-state index in [-0.39, 0.29) is 0 Å². The summed E-state index contributed by atoms with van der Waals surface area (Å²) in [5.41, 5.74) is 7.62. The Hall–Kier alpha value is -4.98. The van der Waals surface area contributed by atoms with Gasteiger partial charge in [-0.05, 0) is 77.8 Å². The summed E-state index contributed by atoms with van der Waals surface area (Å²) in [6, 6.07) is 57.4. The second-order valence-electron chi connectivity index (χ2n) is 10.5. The second-order valence-corrected chi connectivity index (χ2v) is 11.6. The van der Waals surface area contributed by atoms with Crippen LogP contribution < -0.4 is 0 Å². The summed E-state index contributed by atoms with van der Waals surface area (Å²) in [7, 11) is 0. The smallest absolute Gasteiger partial charge is 0.0355 e. The molecule has 0 spiro atoms. The molecule has 0 aliphatic rings. The van der Waals surface area contributed by atoms with E-state index in [1.165, 1.54) is 75.5 Å². The van der Waals surface area contributed by atoms with E-state index in [9.17, 15) is 0 Å². The van der Waals surface area contributed by atoms with Gasteiger partial charge in [0.2, 0.25) is 0 Å². The summed E-state index contributed by atoms with van der Waals surface area (Å²) in [6.45, 7) is 0. The first-order valence-electron chi connectivity index (χ1n) is 14.0. The Morgan fingerprint density at radius 1 is 0.268 bits per heavy atom. The van der Waals surface area contributed by atoms with E-state index in [0.29, 0.717) is 0 Å². The lowest BCUT2D eigenvalue weighted by molar-refractivity contribution is 1.65. The Bertz CT molecular complexity index is 2190. The molecule has 0 saturated carbocycles. The number of thiophene rings is 1. The monoisotopic (exact) mass is 538 g/mol. The number of fused-ring (bicyclic) bond motifs is 3. The Kier molecular flexibility index (Phi) is 5.76. The van der Waals surface area contributed by atoms with Crippen molar-refractivity contribution in [3.05, 3.63) is 158 Å². The zero-order valence-electron chi connectivity index (χ0n) is 22.4. The van der Waals surface area contributed by atoms with Crippen molar-refractivity contribution in [2.24, 2.45) is 0 Å². The van der Waals surface area contributed by atoms with E-state index in [1.807, 2.05) is 11.3 Å². The van der Waals surface area contributed by atoms with Crippen molar-refractivity contribution in [1.29, 1.82) is 0 Å². The molecule has 0 fully saturated rings. The fraction of sp³-hybridized carbons (Fsp3) is 0. The summed E-state index contributed by atoms with van der Waals surface area (Å²) in [5, 5.41) is 7.70. The minimum absolute atomic E-state index is 1.25.